The number of nitrogens with two attached hydrogens (primary N) is 1. The molecule has 0 saturated carbocycles. The fraction of sp³-hybridized carbons (Fsp3) is 0.179. The number of hydrogen-bond donors (Lipinski definition) is 3. The van der Waals surface area contributed by atoms with Gasteiger partial charge in [-0.05, 0) is 54.6 Å². The predicted octanol–water partition coefficient (Wildman–Crippen LogP) is 5.13. The van der Waals surface area contributed by atoms with Crippen LogP contribution in [0.1, 0.15) is 10.4 Å². The molecule has 2 heterocycles. The fourth-order valence-corrected chi connectivity index (χ4v) is 4.41. The number of nitrogen functional groups attached to an aromatic ring is 1. The van der Waals surface area contributed by atoms with Crippen molar-refractivity contribution in [3.8, 4) is 11.1 Å². The highest BCUT2D eigenvalue weighted by Crippen LogP contribution is 2.36. The first kappa shape index (κ1) is 24.5. The van der Waals surface area contributed by atoms with Crippen molar-refractivity contribution in [1.82, 2.24) is 14.9 Å². The number of halogens is 1. The normalized spacial score (nSPS) is 13.8. The second kappa shape index (κ2) is 10.9. The van der Waals surface area contributed by atoms with Gasteiger partial charge in [0.25, 0.3) is 5.91 Å². The summed E-state index contributed by atoms with van der Waals surface area (Å²) in [6.07, 6.45) is 1.39. The Labute approximate surface area is 221 Å². The number of piperazine rings is 1. The molecule has 0 unspecified atom stereocenters. The summed E-state index contributed by atoms with van der Waals surface area (Å²) >= 11 is 6.14. The van der Waals surface area contributed by atoms with Crippen molar-refractivity contribution in [3.63, 3.8) is 0 Å². The van der Waals surface area contributed by atoms with E-state index in [0.717, 1.165) is 54.4 Å². The fourth-order valence-electron chi connectivity index (χ4n) is 4.28. The van der Waals surface area contributed by atoms with Crippen molar-refractivity contribution in [2.75, 3.05) is 54.5 Å². The summed E-state index contributed by atoms with van der Waals surface area (Å²) in [5, 5.41) is 6.54. The molecule has 1 aliphatic rings. The Hall–Kier alpha value is -4.14. The van der Waals surface area contributed by atoms with Gasteiger partial charge in [-0.2, -0.15) is 0 Å². The van der Waals surface area contributed by atoms with Crippen LogP contribution in [0.2, 0.25) is 5.15 Å². The SMILES string of the molecule is CN1CCN(c2ccc(-c3ccc(NC(=O)c4ccccc4)cc3)cc2Nc2ncnc(Cl)c2N)CC1. The summed E-state index contributed by atoms with van der Waals surface area (Å²) in [5.74, 6) is 0.323. The molecule has 0 radical (unpaired) electrons. The number of carbonyl (C=O) groups excluding carboxylic acids is 1. The molecule has 0 spiro atoms. The molecule has 3 aromatic carbocycles. The molecule has 1 amide bonds. The summed E-state index contributed by atoms with van der Waals surface area (Å²) in [6.45, 7) is 3.80. The van der Waals surface area contributed by atoms with Crippen LogP contribution in [0.4, 0.5) is 28.6 Å². The molecular weight excluding hydrogens is 486 g/mol. The van der Waals surface area contributed by atoms with E-state index in [-0.39, 0.29) is 11.1 Å². The average Bonchev–Trinajstić information content (AvgIpc) is 2.93. The number of anilines is 5. The molecule has 0 aliphatic carbocycles. The number of nitrogens with one attached hydrogen (secondary N) is 2. The van der Waals surface area contributed by atoms with Crippen molar-refractivity contribution < 1.29 is 4.79 Å². The second-order valence-electron chi connectivity index (χ2n) is 8.97. The zero-order chi connectivity index (χ0) is 25.8. The molecule has 4 N–H and O–H groups in total. The maximum atomic E-state index is 12.5. The molecule has 1 aliphatic heterocycles. The van der Waals surface area contributed by atoms with Crippen LogP contribution in [0.25, 0.3) is 11.1 Å². The van der Waals surface area contributed by atoms with E-state index < -0.39 is 0 Å². The monoisotopic (exact) mass is 513 g/mol. The largest absolute Gasteiger partial charge is 0.393 e. The lowest BCUT2D eigenvalue weighted by atomic mass is 10.0. The Bertz CT molecular complexity index is 1390. The zero-order valence-corrected chi connectivity index (χ0v) is 21.2. The molecule has 8 nitrogen and oxygen atoms in total. The minimum absolute atomic E-state index is 0.141. The third-order valence-corrected chi connectivity index (χ3v) is 6.74. The molecule has 4 aromatic rings. The summed E-state index contributed by atoms with van der Waals surface area (Å²) in [6, 6.07) is 23.3. The number of carbonyl (C=O) groups is 1. The van der Waals surface area contributed by atoms with E-state index in [0.29, 0.717) is 17.1 Å². The van der Waals surface area contributed by atoms with Crippen molar-refractivity contribution in [2.24, 2.45) is 0 Å². The van der Waals surface area contributed by atoms with Gasteiger partial charge in [-0.25, -0.2) is 9.97 Å². The average molecular weight is 514 g/mol. The van der Waals surface area contributed by atoms with Crippen LogP contribution >= 0.6 is 11.6 Å². The van der Waals surface area contributed by atoms with Crippen LogP contribution in [0, 0.1) is 0 Å². The Morgan fingerprint density at radius 3 is 2.35 bits per heavy atom. The van der Waals surface area contributed by atoms with Crippen molar-refractivity contribution in [1.29, 1.82) is 0 Å². The zero-order valence-electron chi connectivity index (χ0n) is 20.5. The van der Waals surface area contributed by atoms with Gasteiger partial charge in [0.05, 0.1) is 11.4 Å². The molecule has 1 fully saturated rings. The lowest BCUT2D eigenvalue weighted by molar-refractivity contribution is 0.102. The van der Waals surface area contributed by atoms with E-state index in [1.165, 1.54) is 6.33 Å². The first-order chi connectivity index (χ1) is 18.0. The van der Waals surface area contributed by atoms with E-state index in [2.05, 4.69) is 55.6 Å². The lowest BCUT2D eigenvalue weighted by Gasteiger charge is -2.35. The molecule has 0 atom stereocenters. The molecule has 0 bridgehead atoms. The van der Waals surface area contributed by atoms with E-state index in [9.17, 15) is 4.79 Å². The first-order valence-corrected chi connectivity index (χ1v) is 12.4. The number of amides is 1. The number of hydrogen-bond acceptors (Lipinski definition) is 7. The number of likely N-dealkylation sites (N-methyl/N-ethyl adjacent to an activating group) is 1. The molecule has 37 heavy (non-hydrogen) atoms. The standard InChI is InChI=1S/C28H28ClN7O/c1-35-13-15-36(16-14-35)24-12-9-21(17-23(24)34-27-25(30)26(29)31-18-32-27)19-7-10-22(11-8-19)33-28(37)20-5-3-2-4-6-20/h2-12,17-18H,13-16,30H2,1H3,(H,33,37)(H,31,32,34). The van der Waals surface area contributed by atoms with Crippen LogP contribution < -0.4 is 21.3 Å². The van der Waals surface area contributed by atoms with Crippen molar-refractivity contribution in [2.45, 2.75) is 0 Å². The maximum Gasteiger partial charge on any atom is 0.255 e. The number of rotatable bonds is 6. The second-order valence-corrected chi connectivity index (χ2v) is 9.33. The summed E-state index contributed by atoms with van der Waals surface area (Å²) in [4.78, 5) is 25.4. The van der Waals surface area contributed by atoms with Crippen LogP contribution in [0.15, 0.2) is 79.1 Å². The molecule has 9 heteroatoms. The van der Waals surface area contributed by atoms with Gasteiger partial charge in [-0.15, -0.1) is 0 Å². The highest BCUT2D eigenvalue weighted by Gasteiger charge is 2.19. The summed E-state index contributed by atoms with van der Waals surface area (Å²) < 4.78 is 0. The Balaban J connectivity index is 1.42. The van der Waals surface area contributed by atoms with Gasteiger partial charge < -0.3 is 26.2 Å². The Morgan fingerprint density at radius 2 is 1.62 bits per heavy atom. The van der Waals surface area contributed by atoms with Gasteiger partial charge in [0.1, 0.15) is 12.0 Å². The quantitative estimate of drug-likeness (QED) is 0.307. The van der Waals surface area contributed by atoms with E-state index in [4.69, 9.17) is 17.3 Å². The first-order valence-electron chi connectivity index (χ1n) is 12.1. The smallest absolute Gasteiger partial charge is 0.255 e. The third kappa shape index (κ3) is 5.66. The minimum atomic E-state index is -0.141. The van der Waals surface area contributed by atoms with Gasteiger partial charge in [0.2, 0.25) is 0 Å². The van der Waals surface area contributed by atoms with Gasteiger partial charge in [-0.1, -0.05) is 48.0 Å². The summed E-state index contributed by atoms with van der Waals surface area (Å²) in [5.41, 5.74) is 11.8. The molecular formula is C28H28ClN7O. The molecule has 1 aromatic heterocycles. The van der Waals surface area contributed by atoms with Gasteiger partial charge in [-0.3, -0.25) is 4.79 Å². The maximum absolute atomic E-state index is 12.5. The van der Waals surface area contributed by atoms with E-state index >= 15 is 0 Å². The van der Waals surface area contributed by atoms with E-state index in [1.807, 2.05) is 42.5 Å². The minimum Gasteiger partial charge on any atom is -0.393 e. The van der Waals surface area contributed by atoms with Crippen LogP contribution in [-0.4, -0.2) is 54.0 Å². The van der Waals surface area contributed by atoms with Crippen LogP contribution in [0.3, 0.4) is 0 Å². The Morgan fingerprint density at radius 1 is 0.919 bits per heavy atom. The highest BCUT2D eigenvalue weighted by atomic mass is 35.5. The predicted molar refractivity (Wildman–Crippen MR) is 151 cm³/mol. The highest BCUT2D eigenvalue weighted by molar-refractivity contribution is 6.32. The van der Waals surface area contributed by atoms with Gasteiger partial charge >= 0.3 is 0 Å². The van der Waals surface area contributed by atoms with Crippen LogP contribution in [0.5, 0.6) is 0 Å². The van der Waals surface area contributed by atoms with Crippen molar-refractivity contribution in [3.05, 3.63) is 89.8 Å². The third-order valence-electron chi connectivity index (χ3n) is 6.44. The Kier molecular flexibility index (Phi) is 7.20. The number of benzene rings is 3. The number of nitrogens with zero attached hydrogens (tertiary/aromatic N) is 4. The van der Waals surface area contributed by atoms with E-state index in [1.54, 1.807) is 12.1 Å². The molecule has 5 rings (SSSR count). The lowest BCUT2D eigenvalue weighted by Crippen LogP contribution is -2.44. The topological polar surface area (TPSA) is 99.4 Å². The number of aromatic nitrogens is 2. The molecule has 188 valence electrons. The van der Waals surface area contributed by atoms with Gasteiger partial charge in [0, 0.05) is 37.4 Å². The van der Waals surface area contributed by atoms with Crippen molar-refractivity contribution >= 4 is 46.1 Å². The van der Waals surface area contributed by atoms with Crippen LogP contribution in [-0.2, 0) is 0 Å². The molecule has 1 saturated heterocycles. The summed E-state index contributed by atoms with van der Waals surface area (Å²) in [7, 11) is 2.13. The van der Waals surface area contributed by atoms with Gasteiger partial charge in [0.15, 0.2) is 11.0 Å².